The van der Waals surface area contributed by atoms with Gasteiger partial charge in [-0.05, 0) is 61.1 Å². The van der Waals surface area contributed by atoms with Crippen LogP contribution in [0, 0.1) is 0 Å². The first-order valence-electron chi connectivity index (χ1n) is 9.97. The molecule has 0 fully saturated rings. The van der Waals surface area contributed by atoms with E-state index in [1.54, 1.807) is 16.7 Å². The first-order valence-corrected chi connectivity index (χ1v) is 9.97. The summed E-state index contributed by atoms with van der Waals surface area (Å²) in [6.07, 6.45) is -1.71. The van der Waals surface area contributed by atoms with E-state index in [4.69, 9.17) is 0 Å². The number of carbonyl (C=O) groups is 1. The second kappa shape index (κ2) is 8.13. The maximum atomic E-state index is 13.1. The van der Waals surface area contributed by atoms with Gasteiger partial charge in [0, 0.05) is 36.6 Å². The minimum absolute atomic E-state index is 0.0517. The van der Waals surface area contributed by atoms with Crippen molar-refractivity contribution >= 4 is 17.7 Å². The summed E-state index contributed by atoms with van der Waals surface area (Å²) >= 11 is 0. The van der Waals surface area contributed by atoms with E-state index in [2.05, 4.69) is 0 Å². The third-order valence-corrected chi connectivity index (χ3v) is 5.52. The van der Waals surface area contributed by atoms with Crippen LogP contribution in [0.2, 0.25) is 0 Å². The van der Waals surface area contributed by atoms with Crippen molar-refractivity contribution < 1.29 is 18.0 Å². The Morgan fingerprint density at radius 1 is 1.20 bits per heavy atom. The quantitative estimate of drug-likeness (QED) is 0.701. The van der Waals surface area contributed by atoms with Crippen molar-refractivity contribution in [3.05, 3.63) is 68.6 Å². The molecule has 0 N–H and O–H groups in total. The maximum absolute atomic E-state index is 13.1. The van der Waals surface area contributed by atoms with E-state index in [0.29, 0.717) is 25.0 Å². The van der Waals surface area contributed by atoms with Crippen molar-refractivity contribution in [2.45, 2.75) is 52.3 Å². The van der Waals surface area contributed by atoms with Gasteiger partial charge < -0.3 is 9.47 Å². The molecule has 7 heteroatoms. The van der Waals surface area contributed by atoms with Crippen LogP contribution in [0.4, 0.5) is 18.9 Å². The number of likely N-dealkylation sites (N-methyl/N-ethyl adjacent to an activating group) is 1. The van der Waals surface area contributed by atoms with Crippen LogP contribution in [-0.2, 0) is 23.9 Å². The lowest BCUT2D eigenvalue weighted by Crippen LogP contribution is -2.31. The molecule has 3 rings (SSSR count). The fraction of sp³-hybridized carbons (Fsp3) is 0.391. The average molecular weight is 418 g/mol. The molecule has 4 nitrogen and oxygen atoms in total. The fourth-order valence-corrected chi connectivity index (χ4v) is 3.89. The van der Waals surface area contributed by atoms with E-state index in [-0.39, 0.29) is 23.1 Å². The Morgan fingerprint density at radius 3 is 2.50 bits per heavy atom. The summed E-state index contributed by atoms with van der Waals surface area (Å²) in [5.41, 5.74) is 2.52. The first-order chi connectivity index (χ1) is 14.0. The Balaban J connectivity index is 2.02. The zero-order valence-electron chi connectivity index (χ0n) is 17.5. The summed E-state index contributed by atoms with van der Waals surface area (Å²) < 4.78 is 40.8. The molecule has 0 atom stereocenters. The average Bonchev–Trinajstić information content (AvgIpc) is 2.71. The Labute approximate surface area is 173 Å². The number of nitrogens with zero attached hydrogens (tertiary/aromatic N) is 2. The minimum atomic E-state index is -4.47. The van der Waals surface area contributed by atoms with Crippen LogP contribution in [0.5, 0.6) is 0 Å². The molecule has 2 aromatic rings. The molecular formula is C23H25F3N2O2. The van der Waals surface area contributed by atoms with Gasteiger partial charge in [-0.1, -0.05) is 19.9 Å². The van der Waals surface area contributed by atoms with E-state index in [0.717, 1.165) is 29.0 Å². The maximum Gasteiger partial charge on any atom is 0.416 e. The highest BCUT2D eigenvalue weighted by Gasteiger charge is 2.31. The van der Waals surface area contributed by atoms with Gasteiger partial charge in [-0.15, -0.1) is 0 Å². The summed E-state index contributed by atoms with van der Waals surface area (Å²) in [6, 6.07) is 6.36. The molecule has 160 valence electrons. The lowest BCUT2D eigenvalue weighted by atomic mass is 9.88. The topological polar surface area (TPSA) is 42.3 Å². The summed E-state index contributed by atoms with van der Waals surface area (Å²) in [6.45, 7) is 6.43. The smallest absolute Gasteiger partial charge is 0.312 e. The second-order valence-electron chi connectivity index (χ2n) is 7.78. The lowest BCUT2D eigenvalue weighted by Gasteiger charge is -2.26. The number of aromatic nitrogens is 1. The minimum Gasteiger partial charge on any atom is -0.312 e. The molecule has 1 aromatic heterocycles. The normalized spacial score (nSPS) is 13.8. The summed E-state index contributed by atoms with van der Waals surface area (Å²) in [5.74, 6) is -0.242. The number of benzene rings is 1. The standard InChI is InChI=1S/C23H25F3N2O2/c1-5-28-20-10-9-15(11-19(20)18(14(2)3)13-21(28)29)22(30)27(4)17-8-6-7-16(12-17)23(24,25)26/h6-8,11-14H,5,9-10H2,1-4H3. The monoisotopic (exact) mass is 418 g/mol. The molecule has 1 aromatic carbocycles. The Morgan fingerprint density at radius 2 is 1.90 bits per heavy atom. The number of amides is 1. The number of rotatable bonds is 4. The van der Waals surface area contributed by atoms with Crippen molar-refractivity contribution in [2.75, 3.05) is 11.9 Å². The van der Waals surface area contributed by atoms with Crippen LogP contribution in [0.15, 0.2) is 40.7 Å². The molecule has 1 heterocycles. The molecule has 1 aliphatic carbocycles. The van der Waals surface area contributed by atoms with Crippen LogP contribution in [0.1, 0.15) is 55.5 Å². The van der Waals surface area contributed by atoms with Gasteiger partial charge in [-0.3, -0.25) is 9.59 Å². The van der Waals surface area contributed by atoms with Crippen LogP contribution in [-0.4, -0.2) is 17.5 Å². The Bertz CT molecular complexity index is 1070. The highest BCUT2D eigenvalue weighted by Crippen LogP contribution is 2.33. The fourth-order valence-electron chi connectivity index (χ4n) is 3.89. The van der Waals surface area contributed by atoms with Crippen molar-refractivity contribution in [3.8, 4) is 0 Å². The van der Waals surface area contributed by atoms with Gasteiger partial charge in [0.25, 0.3) is 11.5 Å². The van der Waals surface area contributed by atoms with E-state index in [9.17, 15) is 22.8 Å². The predicted molar refractivity (Wildman–Crippen MR) is 112 cm³/mol. The Kier molecular flexibility index (Phi) is 5.92. The lowest BCUT2D eigenvalue weighted by molar-refractivity contribution is -0.137. The summed E-state index contributed by atoms with van der Waals surface area (Å²) in [4.78, 5) is 26.8. The number of hydrogen-bond acceptors (Lipinski definition) is 2. The number of carbonyl (C=O) groups excluding carboxylic acids is 1. The first kappa shape index (κ1) is 21.9. The third kappa shape index (κ3) is 4.06. The molecule has 0 saturated heterocycles. The Hall–Kier alpha value is -2.83. The van der Waals surface area contributed by atoms with Gasteiger partial charge in [0.15, 0.2) is 0 Å². The zero-order valence-corrected chi connectivity index (χ0v) is 17.5. The molecule has 0 spiro atoms. The van der Waals surface area contributed by atoms with Crippen LogP contribution in [0.25, 0.3) is 6.08 Å². The SMILES string of the molecule is CCn1c2c(c(C(C)C)cc1=O)C=C(C(=O)N(C)c1cccc(C(F)(F)F)c1)CC2. The van der Waals surface area contributed by atoms with Gasteiger partial charge in [0.1, 0.15) is 0 Å². The van der Waals surface area contributed by atoms with Crippen LogP contribution >= 0.6 is 0 Å². The van der Waals surface area contributed by atoms with E-state index >= 15 is 0 Å². The molecule has 0 saturated carbocycles. The van der Waals surface area contributed by atoms with Crippen LogP contribution < -0.4 is 10.5 Å². The number of alkyl halides is 3. The number of halogens is 3. The summed E-state index contributed by atoms with van der Waals surface area (Å²) in [5, 5.41) is 0. The van der Waals surface area contributed by atoms with Gasteiger partial charge >= 0.3 is 6.18 Å². The number of anilines is 1. The highest BCUT2D eigenvalue weighted by atomic mass is 19.4. The van der Waals surface area contributed by atoms with E-state index in [1.807, 2.05) is 20.8 Å². The van der Waals surface area contributed by atoms with Gasteiger partial charge in [-0.25, -0.2) is 0 Å². The molecule has 30 heavy (non-hydrogen) atoms. The number of hydrogen-bond donors (Lipinski definition) is 0. The molecule has 0 bridgehead atoms. The summed E-state index contributed by atoms with van der Waals surface area (Å²) in [7, 11) is 1.48. The van der Waals surface area contributed by atoms with Crippen molar-refractivity contribution in [3.63, 3.8) is 0 Å². The van der Waals surface area contributed by atoms with Crippen molar-refractivity contribution in [1.82, 2.24) is 4.57 Å². The molecule has 0 aliphatic heterocycles. The van der Waals surface area contributed by atoms with Crippen LogP contribution in [0.3, 0.4) is 0 Å². The predicted octanol–water partition coefficient (Wildman–Crippen LogP) is 5.00. The molecular weight excluding hydrogens is 393 g/mol. The number of fused-ring (bicyclic) bond motifs is 1. The largest absolute Gasteiger partial charge is 0.416 e. The molecule has 0 unspecified atom stereocenters. The van der Waals surface area contributed by atoms with E-state index < -0.39 is 11.7 Å². The highest BCUT2D eigenvalue weighted by molar-refractivity contribution is 6.08. The van der Waals surface area contributed by atoms with Gasteiger partial charge in [0.2, 0.25) is 0 Å². The van der Waals surface area contributed by atoms with Crippen molar-refractivity contribution in [1.29, 1.82) is 0 Å². The zero-order chi connectivity index (χ0) is 22.2. The number of pyridine rings is 1. The molecule has 1 amide bonds. The molecule has 1 aliphatic rings. The molecule has 0 radical (unpaired) electrons. The van der Waals surface area contributed by atoms with Gasteiger partial charge in [-0.2, -0.15) is 13.2 Å². The van der Waals surface area contributed by atoms with E-state index in [1.165, 1.54) is 24.1 Å². The second-order valence-corrected chi connectivity index (χ2v) is 7.78. The van der Waals surface area contributed by atoms with Crippen molar-refractivity contribution in [2.24, 2.45) is 0 Å². The third-order valence-electron chi connectivity index (χ3n) is 5.52. The van der Waals surface area contributed by atoms with Gasteiger partial charge in [0.05, 0.1) is 5.56 Å².